The molecule has 0 saturated carbocycles. The normalized spacial score (nSPS) is 9.75. The number of carbonyl (C=O) groups excluding carboxylic acids is 1. The van der Waals surface area contributed by atoms with Gasteiger partial charge >= 0.3 is 6.03 Å². The van der Waals surface area contributed by atoms with Crippen LogP contribution in [-0.4, -0.2) is 25.1 Å². The number of amides is 2. The Morgan fingerprint density at radius 2 is 2.31 bits per heavy atom. The second-order valence-corrected chi connectivity index (χ2v) is 3.67. The fraction of sp³-hybridized carbons (Fsp3) is 0.300. The van der Waals surface area contributed by atoms with Gasteiger partial charge in [0.15, 0.2) is 0 Å². The molecule has 1 rings (SSSR count). The zero-order valence-corrected chi connectivity index (χ0v) is 9.91. The maximum atomic E-state index is 11.2. The molecular formula is C10H14ClN3O2. The minimum Gasteiger partial charge on any atom is -0.497 e. The van der Waals surface area contributed by atoms with Crippen molar-refractivity contribution in [2.45, 2.75) is 6.54 Å². The summed E-state index contributed by atoms with van der Waals surface area (Å²) in [6, 6.07) is 4.92. The van der Waals surface area contributed by atoms with Gasteiger partial charge in [-0.15, -0.1) is 0 Å². The number of benzene rings is 1. The Hall–Kier alpha value is -1.46. The molecule has 0 spiro atoms. The fourth-order valence-electron chi connectivity index (χ4n) is 1.22. The first-order valence-corrected chi connectivity index (χ1v) is 5.00. The third kappa shape index (κ3) is 3.01. The highest BCUT2D eigenvalue weighted by molar-refractivity contribution is 6.31. The zero-order valence-electron chi connectivity index (χ0n) is 9.16. The number of carbonyl (C=O) groups is 1. The van der Waals surface area contributed by atoms with Gasteiger partial charge in [0.25, 0.3) is 0 Å². The van der Waals surface area contributed by atoms with Crippen molar-refractivity contribution in [2.75, 3.05) is 14.2 Å². The minimum absolute atomic E-state index is 0.369. The van der Waals surface area contributed by atoms with Gasteiger partial charge in [0, 0.05) is 18.6 Å². The van der Waals surface area contributed by atoms with Gasteiger partial charge in [0.05, 0.1) is 7.11 Å². The first-order valence-electron chi connectivity index (χ1n) is 4.62. The molecule has 1 aromatic carbocycles. The Bertz CT molecular complexity index is 384. The molecule has 0 bridgehead atoms. The first-order chi connectivity index (χ1) is 7.58. The molecule has 3 N–H and O–H groups in total. The fourth-order valence-corrected chi connectivity index (χ4v) is 1.45. The van der Waals surface area contributed by atoms with Crippen LogP contribution in [-0.2, 0) is 6.54 Å². The summed E-state index contributed by atoms with van der Waals surface area (Å²) in [5, 5.41) is 0.552. The maximum absolute atomic E-state index is 11.2. The Balaban J connectivity index is 2.78. The van der Waals surface area contributed by atoms with Crippen LogP contribution in [0.1, 0.15) is 5.56 Å². The number of rotatable bonds is 3. The summed E-state index contributed by atoms with van der Waals surface area (Å²) in [7, 11) is 3.20. The van der Waals surface area contributed by atoms with E-state index in [1.54, 1.807) is 26.3 Å². The van der Waals surface area contributed by atoms with E-state index >= 15 is 0 Å². The molecule has 88 valence electrons. The van der Waals surface area contributed by atoms with Crippen LogP contribution in [0.15, 0.2) is 18.2 Å². The summed E-state index contributed by atoms with van der Waals surface area (Å²) in [4.78, 5) is 12.6. The van der Waals surface area contributed by atoms with E-state index in [2.05, 4.69) is 0 Å². The number of nitrogens with one attached hydrogen (secondary N) is 1. The molecule has 0 fully saturated rings. The molecule has 5 nitrogen and oxygen atoms in total. The number of halogens is 1. The average molecular weight is 244 g/mol. The van der Waals surface area contributed by atoms with Crippen molar-refractivity contribution in [3.05, 3.63) is 28.8 Å². The first kappa shape index (κ1) is 12.6. The van der Waals surface area contributed by atoms with Crippen LogP contribution in [0.5, 0.6) is 5.75 Å². The van der Waals surface area contributed by atoms with Gasteiger partial charge in [-0.2, -0.15) is 0 Å². The van der Waals surface area contributed by atoms with Crippen molar-refractivity contribution in [1.82, 2.24) is 10.3 Å². The third-order valence-corrected chi connectivity index (χ3v) is 2.49. The topological polar surface area (TPSA) is 67.6 Å². The summed E-state index contributed by atoms with van der Waals surface area (Å²) in [5.74, 6) is 5.70. The van der Waals surface area contributed by atoms with Crippen molar-refractivity contribution in [1.29, 1.82) is 0 Å². The molecule has 0 radical (unpaired) electrons. The minimum atomic E-state index is -0.369. The number of hydrogen-bond acceptors (Lipinski definition) is 3. The number of nitrogens with two attached hydrogens (primary N) is 1. The largest absolute Gasteiger partial charge is 0.497 e. The Morgan fingerprint density at radius 3 is 2.81 bits per heavy atom. The van der Waals surface area contributed by atoms with Crippen LogP contribution in [0.25, 0.3) is 0 Å². The highest BCUT2D eigenvalue weighted by atomic mass is 35.5. The van der Waals surface area contributed by atoms with E-state index in [1.165, 1.54) is 4.90 Å². The second kappa shape index (κ2) is 5.58. The summed E-state index contributed by atoms with van der Waals surface area (Å²) < 4.78 is 5.03. The SMILES string of the molecule is COc1ccc(CN(C)C(=O)NN)c(Cl)c1. The predicted molar refractivity (Wildman–Crippen MR) is 62.2 cm³/mol. The summed E-state index contributed by atoms with van der Waals surface area (Å²) in [6.07, 6.45) is 0. The number of nitrogens with zero attached hydrogens (tertiary/aromatic N) is 1. The quantitative estimate of drug-likeness (QED) is 0.479. The van der Waals surface area contributed by atoms with Crippen LogP contribution >= 0.6 is 11.6 Å². The Morgan fingerprint density at radius 1 is 1.62 bits per heavy atom. The summed E-state index contributed by atoms with van der Waals surface area (Å²) >= 11 is 6.03. The second-order valence-electron chi connectivity index (χ2n) is 3.26. The molecule has 0 aliphatic heterocycles. The molecule has 6 heteroatoms. The molecule has 0 saturated heterocycles. The van der Waals surface area contributed by atoms with Gasteiger partial charge in [0.2, 0.25) is 0 Å². The van der Waals surface area contributed by atoms with Crippen LogP contribution in [0.2, 0.25) is 5.02 Å². The molecule has 0 aliphatic carbocycles. The van der Waals surface area contributed by atoms with Crippen molar-refractivity contribution in [3.63, 3.8) is 0 Å². The van der Waals surface area contributed by atoms with Crippen molar-refractivity contribution in [2.24, 2.45) is 5.84 Å². The lowest BCUT2D eigenvalue weighted by Gasteiger charge is -2.17. The van der Waals surface area contributed by atoms with Crippen LogP contribution in [0.4, 0.5) is 4.79 Å². The monoisotopic (exact) mass is 243 g/mol. The van der Waals surface area contributed by atoms with Crippen molar-refractivity contribution >= 4 is 17.6 Å². The number of hydrogen-bond donors (Lipinski definition) is 2. The Labute approximate surface area is 99.1 Å². The number of urea groups is 1. The molecular weight excluding hydrogens is 230 g/mol. The van der Waals surface area contributed by atoms with E-state index in [1.807, 2.05) is 11.5 Å². The summed E-state index contributed by atoms with van der Waals surface area (Å²) in [6.45, 7) is 0.381. The highest BCUT2D eigenvalue weighted by Crippen LogP contribution is 2.23. The molecule has 0 heterocycles. The van der Waals surface area contributed by atoms with E-state index in [4.69, 9.17) is 22.2 Å². The van der Waals surface area contributed by atoms with E-state index in [0.717, 1.165) is 5.56 Å². The number of ether oxygens (including phenoxy) is 1. The van der Waals surface area contributed by atoms with Crippen molar-refractivity contribution < 1.29 is 9.53 Å². The third-order valence-electron chi connectivity index (χ3n) is 2.14. The molecule has 2 amide bonds. The van der Waals surface area contributed by atoms with Crippen LogP contribution in [0.3, 0.4) is 0 Å². The molecule has 0 atom stereocenters. The van der Waals surface area contributed by atoms with Gasteiger partial charge in [-0.05, 0) is 17.7 Å². The van der Waals surface area contributed by atoms with Gasteiger partial charge in [-0.25, -0.2) is 10.6 Å². The van der Waals surface area contributed by atoms with Crippen LogP contribution in [0, 0.1) is 0 Å². The van der Waals surface area contributed by atoms with Gasteiger partial charge in [-0.3, -0.25) is 5.43 Å². The molecule has 1 aromatic rings. The number of methoxy groups -OCH3 is 1. The maximum Gasteiger partial charge on any atom is 0.331 e. The van der Waals surface area contributed by atoms with Gasteiger partial charge in [-0.1, -0.05) is 17.7 Å². The van der Waals surface area contributed by atoms with E-state index < -0.39 is 0 Å². The molecule has 0 unspecified atom stereocenters. The Kier molecular flexibility index (Phi) is 4.39. The lowest BCUT2D eigenvalue weighted by molar-refractivity contribution is 0.207. The standard InChI is InChI=1S/C10H14ClN3O2/c1-14(10(15)13-12)6-7-3-4-8(16-2)5-9(7)11/h3-5H,6,12H2,1-2H3,(H,13,15). The van der Waals surface area contributed by atoms with E-state index in [9.17, 15) is 4.79 Å². The molecule has 0 aromatic heterocycles. The number of hydrazine groups is 1. The molecule has 16 heavy (non-hydrogen) atoms. The van der Waals surface area contributed by atoms with E-state index in [-0.39, 0.29) is 6.03 Å². The van der Waals surface area contributed by atoms with Gasteiger partial charge in [0.1, 0.15) is 5.75 Å². The van der Waals surface area contributed by atoms with E-state index in [0.29, 0.717) is 17.3 Å². The van der Waals surface area contributed by atoms with Gasteiger partial charge < -0.3 is 9.64 Å². The predicted octanol–water partition coefficient (Wildman–Crippen LogP) is 1.36. The average Bonchev–Trinajstić information content (AvgIpc) is 2.30. The smallest absolute Gasteiger partial charge is 0.331 e. The van der Waals surface area contributed by atoms with Crippen molar-refractivity contribution in [3.8, 4) is 5.75 Å². The van der Waals surface area contributed by atoms with Crippen LogP contribution < -0.4 is 16.0 Å². The molecule has 0 aliphatic rings. The lowest BCUT2D eigenvalue weighted by atomic mass is 10.2. The highest BCUT2D eigenvalue weighted by Gasteiger charge is 2.09. The lowest BCUT2D eigenvalue weighted by Crippen LogP contribution is -2.40. The zero-order chi connectivity index (χ0) is 12.1. The summed E-state index contributed by atoms with van der Waals surface area (Å²) in [5.41, 5.74) is 2.87.